The van der Waals surface area contributed by atoms with Crippen molar-refractivity contribution in [1.82, 2.24) is 5.32 Å². The number of methoxy groups -OCH3 is 1. The van der Waals surface area contributed by atoms with Crippen LogP contribution in [0, 0.1) is 0 Å². The molecule has 0 aliphatic carbocycles. The van der Waals surface area contributed by atoms with Crippen molar-refractivity contribution in [3.63, 3.8) is 0 Å². The van der Waals surface area contributed by atoms with Crippen LogP contribution in [0.25, 0.3) is 0 Å². The van der Waals surface area contributed by atoms with Gasteiger partial charge in [-0.05, 0) is 41.9 Å². The Labute approximate surface area is 92.9 Å². The van der Waals surface area contributed by atoms with Crippen molar-refractivity contribution in [1.29, 1.82) is 0 Å². The van der Waals surface area contributed by atoms with Crippen molar-refractivity contribution >= 4 is 15.9 Å². The van der Waals surface area contributed by atoms with E-state index in [1.807, 2.05) is 13.1 Å². The molecular weight excluding hydrogens is 246 g/mol. The van der Waals surface area contributed by atoms with Crippen LogP contribution in [0.4, 0.5) is 0 Å². The molecule has 1 N–H and O–H groups in total. The van der Waals surface area contributed by atoms with Crippen LogP contribution in [-0.4, -0.2) is 20.8 Å². The standard InChI is InChI=1S/C10H16BrNO2/c1-12-9(4-3-6-13-2)10-8(11)5-7-14-10/h5,7,9,12H,3-4,6H2,1-2H3. The molecule has 1 atom stereocenters. The normalized spacial score (nSPS) is 13.1. The lowest BCUT2D eigenvalue weighted by molar-refractivity contribution is 0.187. The summed E-state index contributed by atoms with van der Waals surface area (Å²) in [7, 11) is 3.66. The Bertz CT molecular complexity index is 262. The topological polar surface area (TPSA) is 34.4 Å². The fourth-order valence-corrected chi connectivity index (χ4v) is 1.87. The summed E-state index contributed by atoms with van der Waals surface area (Å²) in [6.45, 7) is 0.788. The van der Waals surface area contributed by atoms with Crippen LogP contribution in [0.3, 0.4) is 0 Å². The molecule has 0 aliphatic rings. The zero-order chi connectivity index (χ0) is 10.4. The van der Waals surface area contributed by atoms with Gasteiger partial charge in [0.15, 0.2) is 0 Å². The summed E-state index contributed by atoms with van der Waals surface area (Å²) < 4.78 is 11.4. The molecule has 0 aromatic carbocycles. The van der Waals surface area contributed by atoms with E-state index in [1.165, 1.54) is 0 Å². The Morgan fingerprint density at radius 2 is 2.43 bits per heavy atom. The van der Waals surface area contributed by atoms with Gasteiger partial charge in [-0.2, -0.15) is 0 Å². The van der Waals surface area contributed by atoms with Gasteiger partial charge in [-0.3, -0.25) is 0 Å². The van der Waals surface area contributed by atoms with Crippen molar-refractivity contribution in [2.24, 2.45) is 0 Å². The average molecular weight is 262 g/mol. The second kappa shape index (κ2) is 6.22. The van der Waals surface area contributed by atoms with E-state index < -0.39 is 0 Å². The molecule has 0 fully saturated rings. The molecule has 0 radical (unpaired) electrons. The van der Waals surface area contributed by atoms with Crippen LogP contribution in [0.15, 0.2) is 21.2 Å². The number of hydrogen-bond donors (Lipinski definition) is 1. The van der Waals surface area contributed by atoms with Gasteiger partial charge in [0.05, 0.1) is 16.8 Å². The highest BCUT2D eigenvalue weighted by Crippen LogP contribution is 2.27. The Kier molecular flexibility index (Phi) is 5.22. The molecule has 0 saturated heterocycles. The van der Waals surface area contributed by atoms with Crippen LogP contribution >= 0.6 is 15.9 Å². The molecule has 14 heavy (non-hydrogen) atoms. The van der Waals surface area contributed by atoms with Gasteiger partial charge in [0.1, 0.15) is 5.76 Å². The molecule has 1 aromatic rings. The third-order valence-electron chi connectivity index (χ3n) is 2.15. The lowest BCUT2D eigenvalue weighted by Crippen LogP contribution is -2.16. The Morgan fingerprint density at radius 3 is 2.93 bits per heavy atom. The third-order valence-corrected chi connectivity index (χ3v) is 2.81. The van der Waals surface area contributed by atoms with E-state index in [0.717, 1.165) is 29.7 Å². The summed E-state index contributed by atoms with van der Waals surface area (Å²) in [6.07, 6.45) is 3.73. The highest BCUT2D eigenvalue weighted by atomic mass is 79.9. The van der Waals surface area contributed by atoms with E-state index in [9.17, 15) is 0 Å². The highest BCUT2D eigenvalue weighted by Gasteiger charge is 2.15. The second-order valence-electron chi connectivity index (χ2n) is 3.11. The van der Waals surface area contributed by atoms with E-state index in [2.05, 4.69) is 21.2 Å². The molecule has 0 aliphatic heterocycles. The number of hydrogen-bond acceptors (Lipinski definition) is 3. The summed E-state index contributed by atoms with van der Waals surface area (Å²) in [4.78, 5) is 0. The van der Waals surface area contributed by atoms with Gasteiger partial charge >= 0.3 is 0 Å². The molecule has 0 spiro atoms. The third kappa shape index (κ3) is 3.12. The Morgan fingerprint density at radius 1 is 1.64 bits per heavy atom. The molecule has 1 aromatic heterocycles. The number of rotatable bonds is 6. The van der Waals surface area contributed by atoms with Crippen molar-refractivity contribution in [3.8, 4) is 0 Å². The molecule has 0 amide bonds. The van der Waals surface area contributed by atoms with Crippen LogP contribution in [0.1, 0.15) is 24.6 Å². The fraction of sp³-hybridized carbons (Fsp3) is 0.600. The van der Waals surface area contributed by atoms with Gasteiger partial charge in [-0.15, -0.1) is 0 Å². The number of ether oxygens (including phenoxy) is 1. The first-order valence-electron chi connectivity index (χ1n) is 4.68. The van der Waals surface area contributed by atoms with Gasteiger partial charge in [-0.1, -0.05) is 0 Å². The smallest absolute Gasteiger partial charge is 0.134 e. The number of halogens is 1. The Hall–Kier alpha value is -0.320. The van der Waals surface area contributed by atoms with Crippen molar-refractivity contribution < 1.29 is 9.15 Å². The number of furan rings is 1. The van der Waals surface area contributed by atoms with E-state index in [1.54, 1.807) is 13.4 Å². The summed E-state index contributed by atoms with van der Waals surface area (Å²) in [5, 5.41) is 3.22. The summed E-state index contributed by atoms with van der Waals surface area (Å²) in [5.74, 6) is 0.962. The van der Waals surface area contributed by atoms with E-state index >= 15 is 0 Å². The predicted octanol–water partition coefficient (Wildman–Crippen LogP) is 2.73. The predicted molar refractivity (Wildman–Crippen MR) is 59.3 cm³/mol. The molecule has 80 valence electrons. The van der Waals surface area contributed by atoms with Gasteiger partial charge < -0.3 is 14.5 Å². The molecule has 0 bridgehead atoms. The van der Waals surface area contributed by atoms with Crippen molar-refractivity contribution in [2.75, 3.05) is 20.8 Å². The van der Waals surface area contributed by atoms with E-state index in [4.69, 9.17) is 9.15 Å². The molecule has 4 heteroatoms. The van der Waals surface area contributed by atoms with Gasteiger partial charge in [0.25, 0.3) is 0 Å². The maximum Gasteiger partial charge on any atom is 0.134 e. The molecule has 3 nitrogen and oxygen atoms in total. The van der Waals surface area contributed by atoms with Crippen LogP contribution < -0.4 is 5.32 Å². The minimum atomic E-state index is 0.259. The van der Waals surface area contributed by atoms with Gasteiger partial charge in [0, 0.05) is 13.7 Å². The average Bonchev–Trinajstić information content (AvgIpc) is 2.60. The van der Waals surface area contributed by atoms with Crippen molar-refractivity contribution in [2.45, 2.75) is 18.9 Å². The molecule has 0 saturated carbocycles. The number of nitrogens with one attached hydrogen (secondary N) is 1. The van der Waals surface area contributed by atoms with Crippen LogP contribution in [-0.2, 0) is 4.74 Å². The zero-order valence-electron chi connectivity index (χ0n) is 8.55. The quantitative estimate of drug-likeness (QED) is 0.800. The molecular formula is C10H16BrNO2. The Balaban J connectivity index is 2.50. The monoisotopic (exact) mass is 261 g/mol. The summed E-state index contributed by atoms with van der Waals surface area (Å²) >= 11 is 3.45. The van der Waals surface area contributed by atoms with Crippen molar-refractivity contribution in [3.05, 3.63) is 22.6 Å². The maximum atomic E-state index is 5.40. The molecule has 1 rings (SSSR count). The lowest BCUT2D eigenvalue weighted by atomic mass is 10.1. The van der Waals surface area contributed by atoms with Crippen LogP contribution in [0.5, 0.6) is 0 Å². The SMILES string of the molecule is CNC(CCCOC)c1occc1Br. The van der Waals surface area contributed by atoms with E-state index in [0.29, 0.717) is 0 Å². The maximum absolute atomic E-state index is 5.40. The highest BCUT2D eigenvalue weighted by molar-refractivity contribution is 9.10. The largest absolute Gasteiger partial charge is 0.466 e. The van der Waals surface area contributed by atoms with Gasteiger partial charge in [-0.25, -0.2) is 0 Å². The second-order valence-corrected chi connectivity index (χ2v) is 3.96. The first-order chi connectivity index (χ1) is 6.79. The lowest BCUT2D eigenvalue weighted by Gasteiger charge is -2.13. The first-order valence-corrected chi connectivity index (χ1v) is 5.48. The first kappa shape index (κ1) is 11.8. The van der Waals surface area contributed by atoms with Crippen LogP contribution in [0.2, 0.25) is 0 Å². The summed E-state index contributed by atoms with van der Waals surface area (Å²) in [6, 6.07) is 2.17. The van der Waals surface area contributed by atoms with Gasteiger partial charge in [0.2, 0.25) is 0 Å². The minimum Gasteiger partial charge on any atom is -0.466 e. The van der Waals surface area contributed by atoms with E-state index in [-0.39, 0.29) is 6.04 Å². The minimum absolute atomic E-state index is 0.259. The zero-order valence-corrected chi connectivity index (χ0v) is 10.1. The summed E-state index contributed by atoms with van der Waals surface area (Å²) in [5.41, 5.74) is 0. The fourth-order valence-electron chi connectivity index (χ4n) is 1.39. The molecule has 1 unspecified atom stereocenters. The molecule has 1 heterocycles.